The van der Waals surface area contributed by atoms with Gasteiger partial charge in [0.25, 0.3) is 17.4 Å². The average Bonchev–Trinajstić information content (AvgIpc) is 2.91. The minimum absolute atomic E-state index is 0.159. The van der Waals surface area contributed by atoms with Crippen LogP contribution in [-0.2, 0) is 16.1 Å². The van der Waals surface area contributed by atoms with Crippen molar-refractivity contribution in [3.05, 3.63) is 62.7 Å². The van der Waals surface area contributed by atoms with E-state index in [2.05, 4.69) is 10.9 Å². The fourth-order valence-corrected chi connectivity index (χ4v) is 2.44. The van der Waals surface area contributed by atoms with E-state index in [-0.39, 0.29) is 12.1 Å². The number of hydrazine groups is 1. The summed E-state index contributed by atoms with van der Waals surface area (Å²) in [6.07, 6.45) is 4.50. The molecule has 7 heteroatoms. The third-order valence-electron chi connectivity index (χ3n) is 2.70. The second-order valence-corrected chi connectivity index (χ2v) is 5.81. The predicted octanol–water partition coefficient (Wildman–Crippen LogP) is 1.08. The highest BCUT2D eigenvalue weighted by Gasteiger charge is 2.04. The van der Waals surface area contributed by atoms with Crippen molar-refractivity contribution in [2.75, 3.05) is 0 Å². The Bertz CT molecular complexity index is 761. The number of carbonyl (C=O) groups is 2. The van der Waals surface area contributed by atoms with E-state index in [1.54, 1.807) is 29.5 Å². The van der Waals surface area contributed by atoms with Crippen molar-refractivity contribution in [3.63, 3.8) is 0 Å². The van der Waals surface area contributed by atoms with Gasteiger partial charge in [-0.25, -0.2) is 0 Å². The zero-order valence-electron chi connectivity index (χ0n) is 11.9. The van der Waals surface area contributed by atoms with Crippen LogP contribution in [0.3, 0.4) is 0 Å². The maximum atomic E-state index is 11.6. The van der Waals surface area contributed by atoms with Gasteiger partial charge >= 0.3 is 0 Å². The molecule has 2 amide bonds. The lowest BCUT2D eigenvalue weighted by molar-refractivity contribution is -0.127. The highest BCUT2D eigenvalue weighted by atomic mass is 32.1. The van der Waals surface area contributed by atoms with Crippen molar-refractivity contribution < 1.29 is 9.59 Å². The molecule has 0 aliphatic carbocycles. The van der Waals surface area contributed by atoms with Crippen molar-refractivity contribution in [1.29, 1.82) is 0 Å². The smallest absolute Gasteiger partial charge is 0.262 e. The van der Waals surface area contributed by atoms with Gasteiger partial charge in [0.15, 0.2) is 0 Å². The molecule has 2 rings (SSSR count). The number of aryl methyl sites for hydroxylation is 1. The molecule has 22 heavy (non-hydrogen) atoms. The van der Waals surface area contributed by atoms with Gasteiger partial charge in [-0.15, -0.1) is 11.3 Å². The van der Waals surface area contributed by atoms with Crippen LogP contribution in [-0.4, -0.2) is 16.4 Å². The Kier molecular flexibility index (Phi) is 5.26. The zero-order chi connectivity index (χ0) is 15.9. The highest BCUT2D eigenvalue weighted by molar-refractivity contribution is 7.12. The Hall–Kier alpha value is -2.67. The van der Waals surface area contributed by atoms with Crippen LogP contribution in [0.25, 0.3) is 6.08 Å². The van der Waals surface area contributed by atoms with Crippen molar-refractivity contribution in [3.8, 4) is 0 Å². The molecule has 2 aromatic heterocycles. The van der Waals surface area contributed by atoms with Gasteiger partial charge in [0.1, 0.15) is 6.54 Å². The Morgan fingerprint density at radius 3 is 2.73 bits per heavy atom. The maximum Gasteiger partial charge on any atom is 0.262 e. The van der Waals surface area contributed by atoms with E-state index in [0.717, 1.165) is 9.75 Å². The largest absolute Gasteiger partial charge is 0.306 e. The van der Waals surface area contributed by atoms with Crippen LogP contribution in [0.2, 0.25) is 0 Å². The number of hydrogen-bond acceptors (Lipinski definition) is 4. The molecule has 0 fully saturated rings. The van der Waals surface area contributed by atoms with Gasteiger partial charge in [-0.3, -0.25) is 25.2 Å². The minimum atomic E-state index is -0.484. The molecule has 6 nitrogen and oxygen atoms in total. The molecule has 0 unspecified atom stereocenters. The molecule has 0 spiro atoms. The molecule has 0 radical (unpaired) electrons. The van der Waals surface area contributed by atoms with Crippen LogP contribution in [0.1, 0.15) is 9.75 Å². The predicted molar refractivity (Wildman–Crippen MR) is 85.1 cm³/mol. The first kappa shape index (κ1) is 15.7. The number of rotatable bonds is 4. The van der Waals surface area contributed by atoms with Gasteiger partial charge in [-0.1, -0.05) is 6.07 Å². The molecule has 0 atom stereocenters. The fraction of sp³-hybridized carbons (Fsp3) is 0.133. The van der Waals surface area contributed by atoms with Crippen LogP contribution in [0, 0.1) is 6.92 Å². The van der Waals surface area contributed by atoms with Crippen molar-refractivity contribution >= 4 is 29.2 Å². The molecule has 0 saturated heterocycles. The average molecular weight is 317 g/mol. The molecule has 114 valence electrons. The van der Waals surface area contributed by atoms with Gasteiger partial charge in [-0.2, -0.15) is 0 Å². The quantitative estimate of drug-likeness (QED) is 0.654. The molecule has 0 aliphatic rings. The molecular formula is C15H15N3O3S. The number of pyridine rings is 1. The van der Waals surface area contributed by atoms with Crippen molar-refractivity contribution in [2.24, 2.45) is 0 Å². The lowest BCUT2D eigenvalue weighted by atomic mass is 10.4. The van der Waals surface area contributed by atoms with Crippen LogP contribution in [0.15, 0.2) is 47.4 Å². The summed E-state index contributed by atoms with van der Waals surface area (Å²) in [6, 6.07) is 8.47. The van der Waals surface area contributed by atoms with E-state index in [9.17, 15) is 14.4 Å². The number of nitrogens with zero attached hydrogens (tertiary/aromatic N) is 1. The van der Waals surface area contributed by atoms with Gasteiger partial charge < -0.3 is 4.57 Å². The third-order valence-corrected chi connectivity index (χ3v) is 3.66. The molecule has 2 heterocycles. The molecular weight excluding hydrogens is 302 g/mol. The van der Waals surface area contributed by atoms with E-state index in [1.165, 1.54) is 22.9 Å². The number of carbonyl (C=O) groups excluding carboxylic acids is 2. The monoisotopic (exact) mass is 317 g/mol. The Morgan fingerprint density at radius 1 is 1.23 bits per heavy atom. The summed E-state index contributed by atoms with van der Waals surface area (Å²) in [5.74, 6) is -0.929. The number of amides is 2. The molecule has 0 aromatic carbocycles. The van der Waals surface area contributed by atoms with Gasteiger partial charge in [0.05, 0.1) is 0 Å². The normalized spacial score (nSPS) is 10.6. The fourth-order valence-electron chi connectivity index (χ4n) is 1.66. The summed E-state index contributed by atoms with van der Waals surface area (Å²) < 4.78 is 1.24. The number of aromatic nitrogens is 1. The van der Waals surface area contributed by atoms with E-state index in [0.29, 0.717) is 0 Å². The number of hydrogen-bond donors (Lipinski definition) is 2. The number of thiophene rings is 1. The second-order valence-electron chi connectivity index (χ2n) is 4.49. The maximum absolute atomic E-state index is 11.6. The SMILES string of the molecule is Cc1ccc(/C=C/C(=O)NNC(=O)Cn2ccccc2=O)s1. The second kappa shape index (κ2) is 7.37. The van der Waals surface area contributed by atoms with Crippen LogP contribution in [0.5, 0.6) is 0 Å². The van der Waals surface area contributed by atoms with Gasteiger partial charge in [0.2, 0.25) is 0 Å². The summed E-state index contributed by atoms with van der Waals surface area (Å²) in [4.78, 5) is 36.8. The summed E-state index contributed by atoms with van der Waals surface area (Å²) in [7, 11) is 0. The summed E-state index contributed by atoms with van der Waals surface area (Å²) in [6.45, 7) is 1.82. The van der Waals surface area contributed by atoms with E-state index < -0.39 is 11.8 Å². The Balaban J connectivity index is 1.81. The van der Waals surface area contributed by atoms with E-state index in [1.807, 2.05) is 19.1 Å². The number of nitrogens with one attached hydrogen (secondary N) is 2. The van der Waals surface area contributed by atoms with Crippen LogP contribution >= 0.6 is 11.3 Å². The Morgan fingerprint density at radius 2 is 2.05 bits per heavy atom. The van der Waals surface area contributed by atoms with Crippen LogP contribution in [0.4, 0.5) is 0 Å². The first-order valence-corrected chi connectivity index (χ1v) is 7.35. The van der Waals surface area contributed by atoms with Gasteiger partial charge in [0, 0.05) is 28.1 Å². The molecule has 0 bridgehead atoms. The van der Waals surface area contributed by atoms with Crippen LogP contribution < -0.4 is 16.4 Å². The first-order chi connectivity index (χ1) is 10.5. The van der Waals surface area contributed by atoms with Gasteiger partial charge in [-0.05, 0) is 31.2 Å². The van der Waals surface area contributed by atoms with Crippen molar-refractivity contribution in [2.45, 2.75) is 13.5 Å². The Labute approximate surface area is 131 Å². The highest BCUT2D eigenvalue weighted by Crippen LogP contribution is 2.16. The topological polar surface area (TPSA) is 80.2 Å². The molecule has 0 aliphatic heterocycles. The van der Waals surface area contributed by atoms with E-state index in [4.69, 9.17) is 0 Å². The standard InChI is InChI=1S/C15H15N3O3S/c1-11-5-6-12(22-11)7-8-13(19)16-17-14(20)10-18-9-3-2-4-15(18)21/h2-9H,10H2,1H3,(H,16,19)(H,17,20)/b8-7+. The summed E-state index contributed by atoms with van der Waals surface area (Å²) >= 11 is 1.57. The molecule has 0 saturated carbocycles. The molecule has 2 N–H and O–H groups in total. The zero-order valence-corrected chi connectivity index (χ0v) is 12.7. The van der Waals surface area contributed by atoms with Crippen molar-refractivity contribution in [1.82, 2.24) is 15.4 Å². The summed E-state index contributed by atoms with van der Waals surface area (Å²) in [5.41, 5.74) is 4.24. The third kappa shape index (κ3) is 4.71. The lowest BCUT2D eigenvalue weighted by Gasteiger charge is -2.06. The first-order valence-electron chi connectivity index (χ1n) is 6.53. The summed E-state index contributed by atoms with van der Waals surface area (Å²) in [5, 5.41) is 0. The lowest BCUT2D eigenvalue weighted by Crippen LogP contribution is -2.43. The molecule has 2 aromatic rings. The minimum Gasteiger partial charge on any atom is -0.306 e. The van der Waals surface area contributed by atoms with E-state index >= 15 is 0 Å².